The molecule has 0 radical (unpaired) electrons. The predicted molar refractivity (Wildman–Crippen MR) is 111 cm³/mol. The van der Waals surface area contributed by atoms with Gasteiger partial charge < -0.3 is 4.74 Å². The van der Waals surface area contributed by atoms with Gasteiger partial charge in [-0.1, -0.05) is 25.1 Å². The van der Waals surface area contributed by atoms with E-state index in [4.69, 9.17) is 4.74 Å². The Morgan fingerprint density at radius 3 is 2.39 bits per heavy atom. The maximum absolute atomic E-state index is 13.3. The molecule has 1 aliphatic rings. The Balaban J connectivity index is 2.03. The molecule has 0 spiro atoms. The van der Waals surface area contributed by atoms with Crippen molar-refractivity contribution in [3.05, 3.63) is 59.7 Å². The van der Waals surface area contributed by atoms with Crippen LogP contribution in [0.2, 0.25) is 0 Å². The second-order valence-corrected chi connectivity index (χ2v) is 7.41. The lowest BCUT2D eigenvalue weighted by molar-refractivity contribution is -0.118. The van der Waals surface area contributed by atoms with Crippen molar-refractivity contribution in [2.45, 2.75) is 45.6 Å². The third kappa shape index (κ3) is 3.84. The SMILES string of the molecule is CCOc1ccc(N2C(=O)c3ccccc3C(C=NC(C)(C)CC)C2=O)cc1. The molecule has 2 aromatic carbocycles. The van der Waals surface area contributed by atoms with Crippen LogP contribution in [0.4, 0.5) is 5.69 Å². The first-order valence-corrected chi connectivity index (χ1v) is 9.63. The average Bonchev–Trinajstić information content (AvgIpc) is 2.69. The van der Waals surface area contributed by atoms with Crippen molar-refractivity contribution in [2.75, 3.05) is 11.5 Å². The van der Waals surface area contributed by atoms with Crippen LogP contribution in [0.25, 0.3) is 0 Å². The molecule has 0 aliphatic carbocycles. The van der Waals surface area contributed by atoms with Crippen molar-refractivity contribution < 1.29 is 14.3 Å². The highest BCUT2D eigenvalue weighted by atomic mass is 16.5. The molecule has 1 aliphatic heterocycles. The van der Waals surface area contributed by atoms with E-state index < -0.39 is 5.92 Å². The van der Waals surface area contributed by atoms with Gasteiger partial charge in [0.25, 0.3) is 5.91 Å². The Bertz CT molecular complexity index is 900. The molecule has 3 rings (SSSR count). The number of nitrogens with zero attached hydrogens (tertiary/aromatic N) is 2. The van der Waals surface area contributed by atoms with Gasteiger partial charge in [0.05, 0.1) is 23.8 Å². The monoisotopic (exact) mass is 378 g/mol. The Labute approximate surface area is 166 Å². The van der Waals surface area contributed by atoms with Crippen molar-refractivity contribution in [1.82, 2.24) is 0 Å². The highest BCUT2D eigenvalue weighted by Gasteiger charge is 2.39. The number of carbonyl (C=O) groups is 2. The van der Waals surface area contributed by atoms with Gasteiger partial charge in [-0.05, 0) is 63.1 Å². The van der Waals surface area contributed by atoms with E-state index in [1.807, 2.05) is 39.0 Å². The first kappa shape index (κ1) is 19.8. The van der Waals surface area contributed by atoms with Gasteiger partial charge in [-0.3, -0.25) is 14.6 Å². The van der Waals surface area contributed by atoms with Crippen molar-refractivity contribution in [1.29, 1.82) is 0 Å². The number of anilines is 1. The van der Waals surface area contributed by atoms with Gasteiger partial charge in [0, 0.05) is 11.8 Å². The zero-order valence-electron chi connectivity index (χ0n) is 16.8. The maximum Gasteiger partial charge on any atom is 0.265 e. The average molecular weight is 378 g/mol. The number of rotatable bonds is 6. The summed E-state index contributed by atoms with van der Waals surface area (Å²) in [5.74, 6) is -0.495. The fourth-order valence-corrected chi connectivity index (χ4v) is 3.07. The molecule has 0 aromatic heterocycles. The van der Waals surface area contributed by atoms with Gasteiger partial charge in [-0.15, -0.1) is 0 Å². The number of fused-ring (bicyclic) bond motifs is 1. The fourth-order valence-electron chi connectivity index (χ4n) is 3.07. The number of ether oxygens (including phenoxy) is 1. The number of amides is 2. The van der Waals surface area contributed by atoms with Gasteiger partial charge in [0.1, 0.15) is 5.75 Å². The number of benzene rings is 2. The third-order valence-electron chi connectivity index (χ3n) is 5.06. The number of hydrogen-bond acceptors (Lipinski definition) is 4. The summed E-state index contributed by atoms with van der Waals surface area (Å²) >= 11 is 0. The Morgan fingerprint density at radius 1 is 1.07 bits per heavy atom. The molecule has 1 atom stereocenters. The summed E-state index contributed by atoms with van der Waals surface area (Å²) in [7, 11) is 0. The zero-order chi connectivity index (χ0) is 20.3. The standard InChI is InChI=1S/C23H26N2O3/c1-5-23(3,4)24-15-20-18-9-7-8-10-19(18)21(26)25(22(20)27)16-11-13-17(14-12-16)28-6-2/h7-15,20H,5-6H2,1-4H3. The smallest absolute Gasteiger partial charge is 0.265 e. The van der Waals surface area contributed by atoms with E-state index >= 15 is 0 Å². The lowest BCUT2D eigenvalue weighted by atomic mass is 9.88. The highest BCUT2D eigenvalue weighted by molar-refractivity contribution is 6.29. The molecule has 2 amide bonds. The second-order valence-electron chi connectivity index (χ2n) is 7.41. The van der Waals surface area contributed by atoms with E-state index in [1.165, 1.54) is 4.90 Å². The number of aliphatic imine (C=N–C) groups is 1. The second kappa shape index (κ2) is 7.97. The van der Waals surface area contributed by atoms with E-state index in [-0.39, 0.29) is 17.4 Å². The van der Waals surface area contributed by atoms with E-state index in [2.05, 4.69) is 11.9 Å². The molecule has 28 heavy (non-hydrogen) atoms. The summed E-state index contributed by atoms with van der Waals surface area (Å²) in [5.41, 5.74) is 1.50. The maximum atomic E-state index is 13.3. The van der Waals surface area contributed by atoms with Gasteiger partial charge >= 0.3 is 0 Å². The van der Waals surface area contributed by atoms with Crippen molar-refractivity contribution in [3.63, 3.8) is 0 Å². The molecular formula is C23H26N2O3. The quantitative estimate of drug-likeness (QED) is 0.544. The van der Waals surface area contributed by atoms with Crippen LogP contribution in [-0.2, 0) is 4.79 Å². The third-order valence-corrected chi connectivity index (χ3v) is 5.06. The molecule has 1 unspecified atom stereocenters. The largest absolute Gasteiger partial charge is 0.494 e. The van der Waals surface area contributed by atoms with Gasteiger partial charge in [-0.2, -0.15) is 0 Å². The van der Waals surface area contributed by atoms with Crippen LogP contribution in [-0.4, -0.2) is 30.2 Å². The van der Waals surface area contributed by atoms with E-state index in [9.17, 15) is 9.59 Å². The van der Waals surface area contributed by atoms with Gasteiger partial charge in [0.15, 0.2) is 0 Å². The molecule has 2 aromatic rings. The minimum Gasteiger partial charge on any atom is -0.494 e. The van der Waals surface area contributed by atoms with Crippen LogP contribution in [0.5, 0.6) is 5.75 Å². The van der Waals surface area contributed by atoms with Crippen molar-refractivity contribution in [2.24, 2.45) is 4.99 Å². The van der Waals surface area contributed by atoms with E-state index in [0.717, 1.165) is 6.42 Å². The minimum absolute atomic E-state index is 0.263. The zero-order valence-corrected chi connectivity index (χ0v) is 16.8. The molecule has 0 N–H and O–H groups in total. The molecule has 0 bridgehead atoms. The summed E-state index contributed by atoms with van der Waals surface area (Å²) in [6.07, 6.45) is 2.55. The Kier molecular flexibility index (Phi) is 5.63. The first-order chi connectivity index (χ1) is 13.4. The summed E-state index contributed by atoms with van der Waals surface area (Å²) in [6, 6.07) is 14.3. The lowest BCUT2D eigenvalue weighted by Crippen LogP contribution is -2.45. The fraction of sp³-hybridized carbons (Fsp3) is 0.348. The van der Waals surface area contributed by atoms with Gasteiger partial charge in [0.2, 0.25) is 5.91 Å². The molecule has 1 heterocycles. The molecular weight excluding hydrogens is 352 g/mol. The molecule has 5 nitrogen and oxygen atoms in total. The summed E-state index contributed by atoms with van der Waals surface area (Å²) in [5, 5.41) is 0. The Morgan fingerprint density at radius 2 is 1.75 bits per heavy atom. The Hall–Kier alpha value is -2.95. The van der Waals surface area contributed by atoms with Crippen LogP contribution in [0, 0.1) is 0 Å². The topological polar surface area (TPSA) is 59.0 Å². The molecule has 0 saturated heterocycles. The van der Waals surface area contributed by atoms with Crippen LogP contribution in [0.15, 0.2) is 53.5 Å². The van der Waals surface area contributed by atoms with E-state index in [0.29, 0.717) is 29.2 Å². The predicted octanol–water partition coefficient (Wildman–Crippen LogP) is 4.62. The molecule has 146 valence electrons. The summed E-state index contributed by atoms with van der Waals surface area (Å²) < 4.78 is 5.46. The number of hydrogen-bond donors (Lipinski definition) is 0. The van der Waals surface area contributed by atoms with E-state index in [1.54, 1.807) is 36.5 Å². The van der Waals surface area contributed by atoms with Crippen LogP contribution < -0.4 is 9.64 Å². The van der Waals surface area contributed by atoms with Crippen molar-refractivity contribution >= 4 is 23.7 Å². The lowest BCUT2D eigenvalue weighted by Gasteiger charge is -2.31. The van der Waals surface area contributed by atoms with Crippen LogP contribution in [0.1, 0.15) is 56.0 Å². The van der Waals surface area contributed by atoms with Crippen LogP contribution >= 0.6 is 0 Å². The normalized spacial score (nSPS) is 17.1. The highest BCUT2D eigenvalue weighted by Crippen LogP contribution is 2.33. The summed E-state index contributed by atoms with van der Waals surface area (Å²) in [6.45, 7) is 8.57. The summed E-state index contributed by atoms with van der Waals surface area (Å²) in [4.78, 5) is 32.2. The first-order valence-electron chi connectivity index (χ1n) is 9.63. The number of imide groups is 1. The molecule has 5 heteroatoms. The number of carbonyl (C=O) groups excluding carboxylic acids is 2. The minimum atomic E-state index is -0.591. The van der Waals surface area contributed by atoms with Gasteiger partial charge in [-0.25, -0.2) is 4.90 Å². The molecule has 0 saturated carbocycles. The van der Waals surface area contributed by atoms with Crippen LogP contribution in [0.3, 0.4) is 0 Å². The molecule has 0 fully saturated rings. The van der Waals surface area contributed by atoms with Crippen molar-refractivity contribution in [3.8, 4) is 5.75 Å².